The zero-order chi connectivity index (χ0) is 6.99. The minimum atomic E-state index is -0.833. The van der Waals surface area contributed by atoms with Gasteiger partial charge in [-0.05, 0) is 13.0 Å². The van der Waals surface area contributed by atoms with Gasteiger partial charge in [0.1, 0.15) is 0 Å². The summed E-state index contributed by atoms with van der Waals surface area (Å²) in [6.45, 7) is 5.27. The molecule has 0 aliphatic carbocycles. The van der Waals surface area contributed by atoms with E-state index in [1.807, 2.05) is 0 Å². The number of hydrogen-bond donors (Lipinski definition) is 2. The average Bonchev–Trinajstić information content (AvgIpc) is 1.65. The van der Waals surface area contributed by atoms with Gasteiger partial charge in [-0.2, -0.15) is 0 Å². The van der Waals surface area contributed by atoms with Crippen molar-refractivity contribution in [3.63, 3.8) is 0 Å². The van der Waals surface area contributed by atoms with Crippen molar-refractivity contribution >= 4 is 5.97 Å². The molecule has 3 heteroatoms. The van der Waals surface area contributed by atoms with Crippen LogP contribution in [0.15, 0.2) is 0 Å². The van der Waals surface area contributed by atoms with Crippen LogP contribution < -0.4 is 5.73 Å². The van der Waals surface area contributed by atoms with Crippen molar-refractivity contribution in [2.45, 2.75) is 13.3 Å². The molecule has 0 spiro atoms. The van der Waals surface area contributed by atoms with E-state index in [0.29, 0.717) is 6.54 Å². The smallest absolute Gasteiger partial charge is 0.300 e. The van der Waals surface area contributed by atoms with Crippen molar-refractivity contribution < 1.29 is 9.90 Å². The third kappa shape index (κ3) is 576. The van der Waals surface area contributed by atoms with Crippen LogP contribution in [0.4, 0.5) is 0 Å². The fraction of sp³-hybridized carbons (Fsp3) is 0.600. The lowest BCUT2D eigenvalue weighted by Crippen LogP contribution is -1.93. The second-order valence-electron chi connectivity index (χ2n) is 1.16. The number of rotatable bonds is 1. The molecule has 0 unspecified atom stereocenters. The van der Waals surface area contributed by atoms with Crippen molar-refractivity contribution in [1.29, 1.82) is 0 Å². The van der Waals surface area contributed by atoms with E-state index >= 15 is 0 Å². The Kier molecular flexibility index (Phi) is 12.6. The summed E-state index contributed by atoms with van der Waals surface area (Å²) < 4.78 is 0. The zero-order valence-electron chi connectivity index (χ0n) is 5.05. The normalized spacial score (nSPS) is 6.88. The molecule has 0 fully saturated rings. The van der Waals surface area contributed by atoms with Crippen molar-refractivity contribution in [2.24, 2.45) is 5.73 Å². The van der Waals surface area contributed by atoms with Crippen molar-refractivity contribution in [3.05, 3.63) is 6.92 Å². The first-order valence-corrected chi connectivity index (χ1v) is 2.34. The molecule has 49 valence electrons. The first-order valence-electron chi connectivity index (χ1n) is 2.34. The maximum Gasteiger partial charge on any atom is 0.300 e. The lowest BCUT2D eigenvalue weighted by atomic mass is 10.5. The summed E-state index contributed by atoms with van der Waals surface area (Å²) in [7, 11) is 0. The summed E-state index contributed by atoms with van der Waals surface area (Å²) >= 11 is 0. The molecule has 3 N–H and O–H groups in total. The van der Waals surface area contributed by atoms with Crippen LogP contribution in [0.5, 0.6) is 0 Å². The molecule has 0 rings (SSSR count). The van der Waals surface area contributed by atoms with Gasteiger partial charge in [-0.25, -0.2) is 0 Å². The standard InChI is InChI=1S/C3H8N.C2H4O2/c1-2-3-4;1-2(3)4/h1-4H2;1H3,(H,3,4). The Morgan fingerprint density at radius 3 is 2.00 bits per heavy atom. The van der Waals surface area contributed by atoms with Crippen LogP contribution >= 0.6 is 0 Å². The van der Waals surface area contributed by atoms with E-state index in [-0.39, 0.29) is 0 Å². The first-order chi connectivity index (χ1) is 3.65. The van der Waals surface area contributed by atoms with Crippen LogP contribution in [0, 0.1) is 6.92 Å². The van der Waals surface area contributed by atoms with Crippen LogP contribution in [0.2, 0.25) is 0 Å². The minimum absolute atomic E-state index is 0.708. The van der Waals surface area contributed by atoms with Gasteiger partial charge >= 0.3 is 0 Å². The Balaban J connectivity index is 0. The van der Waals surface area contributed by atoms with Gasteiger partial charge in [0, 0.05) is 6.92 Å². The van der Waals surface area contributed by atoms with Gasteiger partial charge in [-0.3, -0.25) is 4.79 Å². The SMILES string of the molecule is CC(=O)O.[CH2]CCN. The molecule has 0 aliphatic rings. The van der Waals surface area contributed by atoms with E-state index in [1.54, 1.807) is 0 Å². The molecule has 0 aliphatic heterocycles. The molecule has 0 aromatic carbocycles. The van der Waals surface area contributed by atoms with Gasteiger partial charge in [-0.15, -0.1) is 0 Å². The summed E-state index contributed by atoms with van der Waals surface area (Å²) in [5.41, 5.74) is 4.97. The van der Waals surface area contributed by atoms with Gasteiger partial charge in [0.2, 0.25) is 0 Å². The molecule has 0 heterocycles. The van der Waals surface area contributed by atoms with E-state index in [2.05, 4.69) is 6.92 Å². The molecule has 0 saturated carbocycles. The third-order valence-electron chi connectivity index (χ3n) is 0.204. The second kappa shape index (κ2) is 9.66. The molecule has 1 radical (unpaired) electrons. The first kappa shape index (κ1) is 10.4. The van der Waals surface area contributed by atoms with Crippen LogP contribution in [0.1, 0.15) is 13.3 Å². The maximum atomic E-state index is 9.00. The molecular formula is C5H12NO2. The second-order valence-corrected chi connectivity index (χ2v) is 1.16. The van der Waals surface area contributed by atoms with Crippen molar-refractivity contribution in [1.82, 2.24) is 0 Å². The number of aliphatic carboxylic acids is 1. The monoisotopic (exact) mass is 118 g/mol. The van der Waals surface area contributed by atoms with Crippen LogP contribution in [-0.4, -0.2) is 17.6 Å². The van der Waals surface area contributed by atoms with Crippen LogP contribution in [0.25, 0.3) is 0 Å². The van der Waals surface area contributed by atoms with Crippen LogP contribution in [-0.2, 0) is 4.79 Å². The lowest BCUT2D eigenvalue weighted by molar-refractivity contribution is -0.134. The molecule has 0 saturated heterocycles. The highest BCUT2D eigenvalue weighted by atomic mass is 16.4. The number of carboxylic acid groups (broad SMARTS) is 1. The summed E-state index contributed by atoms with van der Waals surface area (Å²) in [5, 5.41) is 7.42. The summed E-state index contributed by atoms with van der Waals surface area (Å²) in [5.74, 6) is -0.833. The lowest BCUT2D eigenvalue weighted by Gasteiger charge is -1.70. The Morgan fingerprint density at radius 2 is 2.00 bits per heavy atom. The molecule has 0 atom stereocenters. The molecular weight excluding hydrogens is 106 g/mol. The highest BCUT2D eigenvalue weighted by Crippen LogP contribution is 1.55. The van der Waals surface area contributed by atoms with Crippen molar-refractivity contribution in [2.75, 3.05) is 6.54 Å². The Bertz CT molecular complexity index is 48.4. The van der Waals surface area contributed by atoms with Gasteiger partial charge in [0.05, 0.1) is 0 Å². The highest BCUT2D eigenvalue weighted by molar-refractivity contribution is 5.62. The Morgan fingerprint density at radius 1 is 1.88 bits per heavy atom. The summed E-state index contributed by atoms with van der Waals surface area (Å²) in [4.78, 5) is 9.00. The number of hydrogen-bond acceptors (Lipinski definition) is 2. The maximum absolute atomic E-state index is 9.00. The molecule has 3 nitrogen and oxygen atoms in total. The van der Waals surface area contributed by atoms with Gasteiger partial charge in [0.25, 0.3) is 5.97 Å². The van der Waals surface area contributed by atoms with Crippen molar-refractivity contribution in [3.8, 4) is 0 Å². The van der Waals surface area contributed by atoms with Crippen LogP contribution in [0.3, 0.4) is 0 Å². The molecule has 0 bridgehead atoms. The molecule has 0 amide bonds. The fourth-order valence-corrected chi connectivity index (χ4v) is 0. The zero-order valence-corrected chi connectivity index (χ0v) is 5.05. The molecule has 0 aromatic rings. The Labute approximate surface area is 49.5 Å². The van der Waals surface area contributed by atoms with Gasteiger partial charge in [0.15, 0.2) is 0 Å². The largest absolute Gasteiger partial charge is 0.481 e. The third-order valence-corrected chi connectivity index (χ3v) is 0.204. The quantitative estimate of drug-likeness (QED) is 0.519. The topological polar surface area (TPSA) is 63.3 Å². The Hall–Kier alpha value is -0.570. The molecule has 0 aromatic heterocycles. The molecule has 8 heavy (non-hydrogen) atoms. The highest BCUT2D eigenvalue weighted by Gasteiger charge is 1.65. The number of carbonyl (C=O) groups is 1. The number of carboxylic acids is 1. The average molecular weight is 118 g/mol. The summed E-state index contributed by atoms with van der Waals surface area (Å²) in [6, 6.07) is 0. The minimum Gasteiger partial charge on any atom is -0.481 e. The predicted octanol–water partition coefficient (Wildman–Crippen LogP) is 0.260. The van der Waals surface area contributed by atoms with E-state index in [1.165, 1.54) is 0 Å². The number of nitrogens with two attached hydrogens (primary N) is 1. The fourth-order valence-electron chi connectivity index (χ4n) is 0. The predicted molar refractivity (Wildman–Crippen MR) is 32.3 cm³/mol. The summed E-state index contributed by atoms with van der Waals surface area (Å²) in [6.07, 6.45) is 0.847. The van der Waals surface area contributed by atoms with E-state index in [0.717, 1.165) is 13.3 Å². The van der Waals surface area contributed by atoms with E-state index in [9.17, 15) is 0 Å². The van der Waals surface area contributed by atoms with E-state index in [4.69, 9.17) is 15.6 Å². The van der Waals surface area contributed by atoms with Gasteiger partial charge in [-0.1, -0.05) is 6.92 Å². The van der Waals surface area contributed by atoms with E-state index < -0.39 is 5.97 Å². The van der Waals surface area contributed by atoms with Gasteiger partial charge < -0.3 is 10.8 Å².